The molecule has 21 heavy (non-hydrogen) atoms. The van der Waals surface area contributed by atoms with E-state index in [0.717, 1.165) is 5.56 Å². The van der Waals surface area contributed by atoms with Crippen LogP contribution in [0.5, 0.6) is 11.5 Å². The molecule has 0 saturated carbocycles. The van der Waals surface area contributed by atoms with Crippen molar-refractivity contribution in [1.82, 2.24) is 0 Å². The summed E-state index contributed by atoms with van der Waals surface area (Å²) in [7, 11) is 0. The molecule has 2 aromatic carbocycles. The summed E-state index contributed by atoms with van der Waals surface area (Å²) in [6.07, 6.45) is 0. The zero-order valence-corrected chi connectivity index (χ0v) is 12.6. The average Bonchev–Trinajstić information content (AvgIpc) is 2.42. The molecule has 0 radical (unpaired) electrons. The molecule has 0 aliphatic heterocycles. The van der Waals surface area contributed by atoms with Gasteiger partial charge in [0.05, 0.1) is 15.0 Å². The average molecular weight is 327 g/mol. The van der Waals surface area contributed by atoms with Crippen LogP contribution in [0, 0.1) is 10.1 Å². The standard InChI is InChI=1S/C14H12Cl2N2O3/c1-8(17)9-3-2-4-11(5-9)21-14-12(15)6-10(18(19)20)7-13(14)16/h2-8H,17H2,1H3. The number of ether oxygens (including phenoxy) is 1. The highest BCUT2D eigenvalue weighted by molar-refractivity contribution is 6.37. The Morgan fingerprint density at radius 1 is 1.24 bits per heavy atom. The molecule has 0 aliphatic rings. The zero-order chi connectivity index (χ0) is 15.6. The number of rotatable bonds is 4. The van der Waals surface area contributed by atoms with Crippen molar-refractivity contribution in [1.29, 1.82) is 0 Å². The maximum absolute atomic E-state index is 10.7. The lowest BCUT2D eigenvalue weighted by Gasteiger charge is -2.12. The molecule has 0 saturated heterocycles. The molecule has 0 bridgehead atoms. The van der Waals surface area contributed by atoms with Gasteiger partial charge in [0.15, 0.2) is 5.75 Å². The van der Waals surface area contributed by atoms with E-state index in [2.05, 4.69) is 0 Å². The van der Waals surface area contributed by atoms with Gasteiger partial charge in [-0.15, -0.1) is 0 Å². The molecule has 2 N–H and O–H groups in total. The molecule has 0 fully saturated rings. The molecule has 0 aliphatic carbocycles. The van der Waals surface area contributed by atoms with Gasteiger partial charge in [-0.1, -0.05) is 35.3 Å². The fourth-order valence-corrected chi connectivity index (χ4v) is 2.28. The highest BCUT2D eigenvalue weighted by Crippen LogP contribution is 2.39. The van der Waals surface area contributed by atoms with Crippen LogP contribution in [0.25, 0.3) is 0 Å². The molecular weight excluding hydrogens is 315 g/mol. The van der Waals surface area contributed by atoms with Crippen LogP contribution in [0.2, 0.25) is 10.0 Å². The quantitative estimate of drug-likeness (QED) is 0.651. The van der Waals surface area contributed by atoms with E-state index in [1.165, 1.54) is 12.1 Å². The summed E-state index contributed by atoms with van der Waals surface area (Å²) in [5.41, 5.74) is 6.50. The van der Waals surface area contributed by atoms with Crippen LogP contribution in [-0.2, 0) is 0 Å². The molecule has 7 heteroatoms. The molecule has 2 rings (SSSR count). The van der Waals surface area contributed by atoms with Crippen molar-refractivity contribution in [2.75, 3.05) is 0 Å². The third kappa shape index (κ3) is 3.64. The van der Waals surface area contributed by atoms with Gasteiger partial charge in [-0.2, -0.15) is 0 Å². The van der Waals surface area contributed by atoms with Crippen LogP contribution < -0.4 is 10.5 Å². The van der Waals surface area contributed by atoms with Gasteiger partial charge in [-0.25, -0.2) is 0 Å². The van der Waals surface area contributed by atoms with Gasteiger partial charge in [0.1, 0.15) is 5.75 Å². The van der Waals surface area contributed by atoms with Crippen molar-refractivity contribution in [2.45, 2.75) is 13.0 Å². The number of halogens is 2. The number of benzene rings is 2. The summed E-state index contributed by atoms with van der Waals surface area (Å²) in [5.74, 6) is 0.674. The van der Waals surface area contributed by atoms with E-state index in [-0.39, 0.29) is 27.5 Å². The number of hydrogen-bond donors (Lipinski definition) is 1. The van der Waals surface area contributed by atoms with Gasteiger partial charge in [-0.3, -0.25) is 10.1 Å². The number of nitrogens with zero attached hydrogens (tertiary/aromatic N) is 1. The highest BCUT2D eigenvalue weighted by atomic mass is 35.5. The topological polar surface area (TPSA) is 78.4 Å². The van der Waals surface area contributed by atoms with Crippen LogP contribution >= 0.6 is 23.2 Å². The number of hydrogen-bond acceptors (Lipinski definition) is 4. The molecule has 1 unspecified atom stereocenters. The minimum absolute atomic E-state index is 0.0698. The molecule has 0 amide bonds. The molecule has 0 heterocycles. The molecule has 0 spiro atoms. The maximum Gasteiger partial charge on any atom is 0.272 e. The van der Waals surface area contributed by atoms with E-state index in [0.29, 0.717) is 5.75 Å². The van der Waals surface area contributed by atoms with Crippen molar-refractivity contribution in [3.05, 3.63) is 62.1 Å². The molecular formula is C14H12Cl2N2O3. The summed E-state index contributed by atoms with van der Waals surface area (Å²) >= 11 is 12.0. The van der Waals surface area contributed by atoms with E-state index in [1.807, 2.05) is 13.0 Å². The van der Waals surface area contributed by atoms with Gasteiger partial charge in [0.2, 0.25) is 0 Å². The Hall–Kier alpha value is -1.82. The van der Waals surface area contributed by atoms with Crippen LogP contribution in [0.4, 0.5) is 5.69 Å². The van der Waals surface area contributed by atoms with Gasteiger partial charge < -0.3 is 10.5 Å². The van der Waals surface area contributed by atoms with Crippen molar-refractivity contribution in [3.63, 3.8) is 0 Å². The lowest BCUT2D eigenvalue weighted by atomic mass is 10.1. The summed E-state index contributed by atoms with van der Waals surface area (Å²) in [6, 6.07) is 9.39. The molecule has 1 atom stereocenters. The Labute approximate surface area is 131 Å². The lowest BCUT2D eigenvalue weighted by molar-refractivity contribution is -0.384. The molecule has 0 aromatic heterocycles. The Morgan fingerprint density at radius 3 is 2.38 bits per heavy atom. The van der Waals surface area contributed by atoms with E-state index in [4.69, 9.17) is 33.7 Å². The number of nitro groups is 1. The fourth-order valence-electron chi connectivity index (χ4n) is 1.73. The van der Waals surface area contributed by atoms with Crippen LogP contribution in [0.1, 0.15) is 18.5 Å². The van der Waals surface area contributed by atoms with E-state index < -0.39 is 4.92 Å². The highest BCUT2D eigenvalue weighted by Gasteiger charge is 2.16. The Balaban J connectivity index is 2.36. The Bertz CT molecular complexity index is 667. The SMILES string of the molecule is CC(N)c1cccc(Oc2c(Cl)cc([N+](=O)[O-])cc2Cl)c1. The van der Waals surface area contributed by atoms with Gasteiger partial charge >= 0.3 is 0 Å². The number of non-ortho nitro benzene ring substituents is 1. The van der Waals surface area contributed by atoms with Gasteiger partial charge in [0, 0.05) is 18.2 Å². The van der Waals surface area contributed by atoms with Crippen LogP contribution in [0.3, 0.4) is 0 Å². The first-order valence-corrected chi connectivity index (χ1v) is 6.81. The second-order valence-corrected chi connectivity index (χ2v) is 5.27. The summed E-state index contributed by atoms with van der Waals surface area (Å²) in [5, 5.41) is 10.9. The van der Waals surface area contributed by atoms with Crippen molar-refractivity contribution in [3.8, 4) is 11.5 Å². The predicted molar refractivity (Wildman–Crippen MR) is 82.2 cm³/mol. The second kappa shape index (κ2) is 6.30. The summed E-state index contributed by atoms with van der Waals surface area (Å²) < 4.78 is 5.62. The molecule has 5 nitrogen and oxygen atoms in total. The summed E-state index contributed by atoms with van der Waals surface area (Å²) in [4.78, 5) is 10.2. The second-order valence-electron chi connectivity index (χ2n) is 4.46. The summed E-state index contributed by atoms with van der Waals surface area (Å²) in [6.45, 7) is 1.85. The van der Waals surface area contributed by atoms with Crippen molar-refractivity contribution >= 4 is 28.9 Å². The minimum Gasteiger partial charge on any atom is -0.454 e. The van der Waals surface area contributed by atoms with Crippen LogP contribution in [-0.4, -0.2) is 4.92 Å². The number of nitrogens with two attached hydrogens (primary N) is 1. The fraction of sp³-hybridized carbons (Fsp3) is 0.143. The first-order chi connectivity index (χ1) is 9.88. The monoisotopic (exact) mass is 326 g/mol. The first kappa shape index (κ1) is 15.6. The normalized spacial score (nSPS) is 12.0. The van der Waals surface area contributed by atoms with E-state index in [1.54, 1.807) is 18.2 Å². The zero-order valence-electron chi connectivity index (χ0n) is 11.0. The van der Waals surface area contributed by atoms with E-state index >= 15 is 0 Å². The lowest BCUT2D eigenvalue weighted by Crippen LogP contribution is -2.04. The van der Waals surface area contributed by atoms with Crippen molar-refractivity contribution in [2.24, 2.45) is 5.73 Å². The number of nitro benzene ring substituents is 1. The van der Waals surface area contributed by atoms with Crippen LogP contribution in [0.15, 0.2) is 36.4 Å². The third-order valence-electron chi connectivity index (χ3n) is 2.80. The minimum atomic E-state index is -0.571. The van der Waals surface area contributed by atoms with Gasteiger partial charge in [-0.05, 0) is 24.6 Å². The predicted octanol–water partition coefficient (Wildman–Crippen LogP) is 4.71. The van der Waals surface area contributed by atoms with Crippen molar-refractivity contribution < 1.29 is 9.66 Å². The molecule has 110 valence electrons. The smallest absolute Gasteiger partial charge is 0.272 e. The maximum atomic E-state index is 10.7. The van der Waals surface area contributed by atoms with E-state index in [9.17, 15) is 10.1 Å². The van der Waals surface area contributed by atoms with Gasteiger partial charge in [0.25, 0.3) is 5.69 Å². The Morgan fingerprint density at radius 2 is 1.86 bits per heavy atom. The largest absolute Gasteiger partial charge is 0.454 e. The Kier molecular flexibility index (Phi) is 4.67. The first-order valence-electron chi connectivity index (χ1n) is 6.05. The molecule has 2 aromatic rings. The third-order valence-corrected chi connectivity index (χ3v) is 3.36.